The molecule has 8 heteroatoms. The van der Waals surface area contributed by atoms with Crippen LogP contribution < -0.4 is 15.2 Å². The molecule has 0 bridgehead atoms. The summed E-state index contributed by atoms with van der Waals surface area (Å²) < 4.78 is 12.7. The molecule has 26 heavy (non-hydrogen) atoms. The van der Waals surface area contributed by atoms with Gasteiger partial charge in [0.15, 0.2) is 22.5 Å². The molecule has 1 amide bonds. The fraction of sp³-hybridized carbons (Fsp3) is 0.167. The van der Waals surface area contributed by atoms with Gasteiger partial charge in [-0.05, 0) is 37.3 Å². The molecule has 2 N–H and O–H groups in total. The third-order valence-electron chi connectivity index (χ3n) is 3.96. The summed E-state index contributed by atoms with van der Waals surface area (Å²) in [5.41, 5.74) is 7.13. The summed E-state index contributed by atoms with van der Waals surface area (Å²) in [6.45, 7) is 1.96. The Morgan fingerprint density at radius 1 is 1.15 bits per heavy atom. The number of ether oxygens (including phenoxy) is 2. The molecule has 0 radical (unpaired) electrons. The van der Waals surface area contributed by atoms with Crippen molar-refractivity contribution in [2.45, 2.75) is 17.3 Å². The normalized spacial score (nSPS) is 13.6. The SMILES string of the molecule is C[C@H](Sc1nnc(-c2ccc3c(c2)OCO3)n1-c1ccccc1)C(N)=O. The zero-order valence-electron chi connectivity index (χ0n) is 14.0. The Bertz CT molecular complexity index is 958. The standard InChI is InChI=1S/C18H16N4O3S/c1-11(16(19)23)26-18-21-20-17(22(18)13-5-3-2-4-6-13)12-7-8-14-15(9-12)25-10-24-14/h2-9,11H,10H2,1H3,(H2,19,23)/t11-/m0/s1. The number of nitrogens with zero attached hydrogens (tertiary/aromatic N) is 3. The van der Waals surface area contributed by atoms with E-state index in [1.165, 1.54) is 11.8 Å². The minimum atomic E-state index is -0.425. The Morgan fingerprint density at radius 2 is 1.92 bits per heavy atom. The molecular formula is C18H16N4O3S. The molecular weight excluding hydrogens is 352 g/mol. The van der Waals surface area contributed by atoms with Crippen LogP contribution in [-0.4, -0.2) is 32.7 Å². The van der Waals surface area contributed by atoms with E-state index >= 15 is 0 Å². The van der Waals surface area contributed by atoms with E-state index in [2.05, 4.69) is 10.2 Å². The van der Waals surface area contributed by atoms with Crippen LogP contribution in [0.4, 0.5) is 0 Å². The highest BCUT2D eigenvalue weighted by Crippen LogP contribution is 2.37. The van der Waals surface area contributed by atoms with E-state index in [0.29, 0.717) is 22.5 Å². The van der Waals surface area contributed by atoms with E-state index in [9.17, 15) is 4.79 Å². The Balaban J connectivity index is 1.82. The molecule has 4 rings (SSSR count). The summed E-state index contributed by atoms with van der Waals surface area (Å²) in [6.07, 6.45) is 0. The smallest absolute Gasteiger partial charge is 0.231 e. The van der Waals surface area contributed by atoms with Crippen molar-refractivity contribution in [3.05, 3.63) is 48.5 Å². The molecule has 0 aliphatic carbocycles. The lowest BCUT2D eigenvalue weighted by molar-refractivity contribution is -0.117. The molecule has 1 aromatic heterocycles. The minimum Gasteiger partial charge on any atom is -0.454 e. The lowest BCUT2D eigenvalue weighted by Gasteiger charge is -2.12. The third-order valence-corrected chi connectivity index (χ3v) is 5.02. The number of benzene rings is 2. The molecule has 7 nitrogen and oxygen atoms in total. The van der Waals surface area contributed by atoms with Crippen molar-refractivity contribution < 1.29 is 14.3 Å². The molecule has 2 aromatic carbocycles. The molecule has 1 aliphatic heterocycles. The molecule has 0 saturated heterocycles. The Kier molecular flexibility index (Phi) is 4.26. The van der Waals surface area contributed by atoms with Crippen LogP contribution in [-0.2, 0) is 4.79 Å². The van der Waals surface area contributed by atoms with Crippen LogP contribution >= 0.6 is 11.8 Å². The van der Waals surface area contributed by atoms with Crippen molar-refractivity contribution in [2.24, 2.45) is 5.73 Å². The number of rotatable bonds is 5. The number of thioether (sulfide) groups is 1. The molecule has 132 valence electrons. The number of amides is 1. The van der Waals surface area contributed by atoms with Gasteiger partial charge in [0.2, 0.25) is 12.7 Å². The predicted molar refractivity (Wildman–Crippen MR) is 97.4 cm³/mol. The first-order valence-electron chi connectivity index (χ1n) is 8.00. The molecule has 0 fully saturated rings. The molecule has 1 atom stereocenters. The number of para-hydroxylation sites is 1. The average molecular weight is 368 g/mol. The summed E-state index contributed by atoms with van der Waals surface area (Å²) in [5.74, 6) is 1.62. The van der Waals surface area contributed by atoms with E-state index in [-0.39, 0.29) is 6.79 Å². The van der Waals surface area contributed by atoms with Crippen LogP contribution in [0.3, 0.4) is 0 Å². The monoisotopic (exact) mass is 368 g/mol. The first-order chi connectivity index (χ1) is 12.6. The van der Waals surface area contributed by atoms with Crippen molar-refractivity contribution in [1.29, 1.82) is 0 Å². The second-order valence-corrected chi connectivity index (χ2v) is 7.02. The van der Waals surface area contributed by atoms with Crippen molar-refractivity contribution in [3.8, 4) is 28.6 Å². The van der Waals surface area contributed by atoms with Gasteiger partial charge < -0.3 is 15.2 Å². The highest BCUT2D eigenvalue weighted by Gasteiger charge is 2.22. The maximum atomic E-state index is 11.5. The second-order valence-electron chi connectivity index (χ2n) is 5.71. The third kappa shape index (κ3) is 2.99. The van der Waals surface area contributed by atoms with Gasteiger partial charge in [-0.1, -0.05) is 30.0 Å². The highest BCUT2D eigenvalue weighted by atomic mass is 32.2. The van der Waals surface area contributed by atoms with Gasteiger partial charge >= 0.3 is 0 Å². The van der Waals surface area contributed by atoms with Gasteiger partial charge in [0, 0.05) is 11.3 Å². The summed E-state index contributed by atoms with van der Waals surface area (Å²) >= 11 is 1.27. The van der Waals surface area contributed by atoms with Gasteiger partial charge in [-0.25, -0.2) is 0 Å². The van der Waals surface area contributed by atoms with Crippen molar-refractivity contribution in [3.63, 3.8) is 0 Å². The average Bonchev–Trinajstić information content (AvgIpc) is 3.28. The number of nitrogens with two attached hydrogens (primary N) is 1. The molecule has 0 saturated carbocycles. The van der Waals surface area contributed by atoms with Crippen molar-refractivity contribution in [1.82, 2.24) is 14.8 Å². The topological polar surface area (TPSA) is 92.3 Å². The van der Waals surface area contributed by atoms with Gasteiger partial charge in [-0.3, -0.25) is 9.36 Å². The number of fused-ring (bicyclic) bond motifs is 1. The largest absolute Gasteiger partial charge is 0.454 e. The lowest BCUT2D eigenvalue weighted by Crippen LogP contribution is -2.23. The fourth-order valence-electron chi connectivity index (χ4n) is 2.59. The van der Waals surface area contributed by atoms with E-state index in [4.69, 9.17) is 15.2 Å². The van der Waals surface area contributed by atoms with E-state index < -0.39 is 11.2 Å². The minimum absolute atomic E-state index is 0.210. The Morgan fingerprint density at radius 3 is 2.69 bits per heavy atom. The molecule has 1 aliphatic rings. The van der Waals surface area contributed by atoms with Crippen molar-refractivity contribution in [2.75, 3.05) is 6.79 Å². The zero-order valence-corrected chi connectivity index (χ0v) is 14.8. The second kappa shape index (κ2) is 6.72. The number of aromatic nitrogens is 3. The Labute approximate surface area is 154 Å². The van der Waals surface area contributed by atoms with Gasteiger partial charge in [0.1, 0.15) is 0 Å². The number of hydrogen-bond donors (Lipinski definition) is 1. The highest BCUT2D eigenvalue weighted by molar-refractivity contribution is 8.00. The zero-order chi connectivity index (χ0) is 18.1. The molecule has 2 heterocycles. The number of hydrogen-bond acceptors (Lipinski definition) is 6. The van der Waals surface area contributed by atoms with E-state index in [0.717, 1.165) is 11.3 Å². The van der Waals surface area contributed by atoms with Crippen LogP contribution in [0.15, 0.2) is 53.7 Å². The van der Waals surface area contributed by atoms with Gasteiger partial charge in [0.05, 0.1) is 5.25 Å². The summed E-state index contributed by atoms with van der Waals surface area (Å²) in [4.78, 5) is 11.5. The van der Waals surface area contributed by atoms with E-state index in [1.54, 1.807) is 6.92 Å². The Hall–Kier alpha value is -3.00. The number of carbonyl (C=O) groups excluding carboxylic acids is 1. The molecule has 0 spiro atoms. The summed E-state index contributed by atoms with van der Waals surface area (Å²) in [7, 11) is 0. The van der Waals surface area contributed by atoms with Gasteiger partial charge in [0.25, 0.3) is 0 Å². The van der Waals surface area contributed by atoms with Crippen LogP contribution in [0, 0.1) is 0 Å². The number of carbonyl (C=O) groups is 1. The first kappa shape index (κ1) is 16.5. The predicted octanol–water partition coefficient (Wildman–Crippen LogP) is 2.63. The van der Waals surface area contributed by atoms with Crippen molar-refractivity contribution >= 4 is 17.7 Å². The maximum Gasteiger partial charge on any atom is 0.231 e. The number of primary amides is 1. The lowest BCUT2D eigenvalue weighted by atomic mass is 10.2. The summed E-state index contributed by atoms with van der Waals surface area (Å²) in [6, 6.07) is 15.3. The first-order valence-corrected chi connectivity index (χ1v) is 8.88. The van der Waals surface area contributed by atoms with Gasteiger partial charge in [-0.15, -0.1) is 10.2 Å². The molecule has 3 aromatic rings. The van der Waals surface area contributed by atoms with Crippen LogP contribution in [0.2, 0.25) is 0 Å². The van der Waals surface area contributed by atoms with Gasteiger partial charge in [-0.2, -0.15) is 0 Å². The summed E-state index contributed by atoms with van der Waals surface area (Å²) in [5, 5.41) is 8.79. The van der Waals surface area contributed by atoms with Crippen LogP contribution in [0.25, 0.3) is 17.1 Å². The maximum absolute atomic E-state index is 11.5. The quantitative estimate of drug-likeness (QED) is 0.696. The fourth-order valence-corrected chi connectivity index (χ4v) is 3.41. The van der Waals surface area contributed by atoms with Crippen LogP contribution in [0.1, 0.15) is 6.92 Å². The van der Waals surface area contributed by atoms with Crippen LogP contribution in [0.5, 0.6) is 11.5 Å². The molecule has 0 unspecified atom stereocenters. The van der Waals surface area contributed by atoms with E-state index in [1.807, 2.05) is 53.1 Å².